The third kappa shape index (κ3) is 4.77. The lowest BCUT2D eigenvalue weighted by atomic mass is 9.97. The number of anilines is 2. The second-order valence-electron chi connectivity index (χ2n) is 8.88. The molecule has 0 atom stereocenters. The summed E-state index contributed by atoms with van der Waals surface area (Å²) in [5.41, 5.74) is 1.93. The Morgan fingerprint density at radius 3 is 2.49 bits per heavy atom. The topological polar surface area (TPSA) is 105 Å². The first-order chi connectivity index (χ1) is 16.9. The molecule has 1 amide bonds. The number of methoxy groups -OCH3 is 1. The second kappa shape index (κ2) is 9.81. The maximum atomic E-state index is 13.2. The lowest BCUT2D eigenvalue weighted by Gasteiger charge is -2.35. The minimum Gasteiger partial charge on any atom is -0.377 e. The van der Waals surface area contributed by atoms with Crippen LogP contribution in [0.5, 0.6) is 0 Å². The van der Waals surface area contributed by atoms with Gasteiger partial charge in [0.25, 0.3) is 0 Å². The van der Waals surface area contributed by atoms with Crippen molar-refractivity contribution in [3.8, 4) is 0 Å². The van der Waals surface area contributed by atoms with Crippen LogP contribution in [0.15, 0.2) is 29.2 Å². The van der Waals surface area contributed by atoms with Crippen molar-refractivity contribution in [1.29, 1.82) is 0 Å². The van der Waals surface area contributed by atoms with Gasteiger partial charge in [-0.1, -0.05) is 0 Å². The predicted octanol–water partition coefficient (Wildman–Crippen LogP) is 3.19. The molecule has 35 heavy (non-hydrogen) atoms. The predicted molar refractivity (Wildman–Crippen MR) is 136 cm³/mol. The molecule has 3 aromatic rings. The van der Waals surface area contributed by atoms with Gasteiger partial charge in [0.15, 0.2) is 5.82 Å². The maximum Gasteiger partial charge on any atom is 0.243 e. The van der Waals surface area contributed by atoms with Gasteiger partial charge in [-0.15, -0.1) is 11.3 Å². The number of carbonyl (C=O) groups excluding carboxylic acids is 1. The zero-order valence-electron chi connectivity index (χ0n) is 19.9. The SMILES string of the molecule is COCc1nc(N2CCN(S(=O)(=O)c3ccc(NC(C)=O)cc3)CC2)c2c3c(sc2n1)CCCC3. The van der Waals surface area contributed by atoms with Crippen molar-refractivity contribution in [2.75, 3.05) is 43.5 Å². The molecule has 0 bridgehead atoms. The largest absolute Gasteiger partial charge is 0.377 e. The highest BCUT2D eigenvalue weighted by atomic mass is 32.2. The number of thiophene rings is 1. The molecule has 0 radical (unpaired) electrons. The highest BCUT2D eigenvalue weighted by Crippen LogP contribution is 2.40. The van der Waals surface area contributed by atoms with E-state index >= 15 is 0 Å². The molecule has 1 aromatic carbocycles. The number of ether oxygens (including phenoxy) is 1. The van der Waals surface area contributed by atoms with Crippen LogP contribution < -0.4 is 10.2 Å². The van der Waals surface area contributed by atoms with Crippen molar-refractivity contribution in [3.63, 3.8) is 0 Å². The van der Waals surface area contributed by atoms with Gasteiger partial charge in [-0.05, 0) is 55.5 Å². The average Bonchev–Trinajstić information content (AvgIpc) is 3.22. The molecule has 9 nitrogen and oxygen atoms in total. The van der Waals surface area contributed by atoms with Gasteiger partial charge < -0.3 is 15.0 Å². The van der Waals surface area contributed by atoms with Gasteiger partial charge in [-0.2, -0.15) is 4.31 Å². The van der Waals surface area contributed by atoms with Crippen LogP contribution in [0.25, 0.3) is 10.2 Å². The third-order valence-corrected chi connectivity index (χ3v) is 9.56. The standard InChI is InChI=1S/C24H29N5O4S2/c1-16(30)25-17-7-9-18(10-8-17)35(31,32)29-13-11-28(12-14-29)23-22-19-5-3-4-6-20(19)34-24(22)27-21(26-23)15-33-2/h7-10H,3-6,11-15H2,1-2H3,(H,25,30). The summed E-state index contributed by atoms with van der Waals surface area (Å²) in [7, 11) is -1.99. The van der Waals surface area contributed by atoms with Crippen LogP contribution >= 0.6 is 11.3 Å². The Bertz CT molecular complexity index is 1350. The summed E-state index contributed by atoms with van der Waals surface area (Å²) in [6, 6.07) is 6.30. The van der Waals surface area contributed by atoms with Crippen LogP contribution in [-0.4, -0.2) is 61.9 Å². The van der Waals surface area contributed by atoms with E-state index in [-0.39, 0.29) is 10.8 Å². The van der Waals surface area contributed by atoms with E-state index < -0.39 is 10.0 Å². The van der Waals surface area contributed by atoms with Crippen LogP contribution in [0.2, 0.25) is 0 Å². The fraction of sp³-hybridized carbons (Fsp3) is 0.458. The molecular formula is C24H29N5O4S2. The van der Waals surface area contributed by atoms with E-state index in [4.69, 9.17) is 14.7 Å². The normalized spacial score (nSPS) is 16.9. The molecule has 2 aromatic heterocycles. The number of aromatic nitrogens is 2. The van der Waals surface area contributed by atoms with Gasteiger partial charge in [0.1, 0.15) is 17.3 Å². The summed E-state index contributed by atoms with van der Waals surface area (Å²) in [5, 5.41) is 3.79. The van der Waals surface area contributed by atoms with E-state index in [0.29, 0.717) is 44.3 Å². The average molecular weight is 516 g/mol. The zero-order valence-corrected chi connectivity index (χ0v) is 21.5. The second-order valence-corrected chi connectivity index (χ2v) is 11.9. The molecule has 1 saturated heterocycles. The molecule has 3 heterocycles. The molecule has 1 aliphatic carbocycles. The van der Waals surface area contributed by atoms with Gasteiger partial charge in [0.05, 0.1) is 10.3 Å². The molecule has 1 fully saturated rings. The Balaban J connectivity index is 1.38. The van der Waals surface area contributed by atoms with E-state index in [0.717, 1.165) is 28.9 Å². The van der Waals surface area contributed by atoms with Crippen LogP contribution in [0, 0.1) is 0 Å². The number of nitrogens with zero attached hydrogens (tertiary/aromatic N) is 4. The lowest BCUT2D eigenvalue weighted by molar-refractivity contribution is -0.114. The number of fused-ring (bicyclic) bond motifs is 3. The number of benzene rings is 1. The summed E-state index contributed by atoms with van der Waals surface area (Å²) in [5.74, 6) is 1.36. The third-order valence-electron chi connectivity index (χ3n) is 6.47. The molecule has 2 aliphatic rings. The molecule has 11 heteroatoms. The van der Waals surface area contributed by atoms with Crippen LogP contribution in [0.3, 0.4) is 0 Å². The molecular weight excluding hydrogens is 486 g/mol. The van der Waals surface area contributed by atoms with E-state index in [1.54, 1.807) is 30.6 Å². The zero-order chi connectivity index (χ0) is 24.6. The Hall–Kier alpha value is -2.60. The van der Waals surface area contributed by atoms with Crippen molar-refractivity contribution < 1.29 is 17.9 Å². The highest BCUT2D eigenvalue weighted by molar-refractivity contribution is 7.89. The van der Waals surface area contributed by atoms with Crippen LogP contribution in [0.1, 0.15) is 36.0 Å². The van der Waals surface area contributed by atoms with Gasteiger partial charge in [-0.3, -0.25) is 4.79 Å². The number of rotatable bonds is 6. The van der Waals surface area contributed by atoms with E-state index in [1.165, 1.54) is 46.6 Å². The Labute approximate surface area is 209 Å². The minimum absolute atomic E-state index is 0.198. The van der Waals surface area contributed by atoms with E-state index in [2.05, 4.69) is 10.2 Å². The van der Waals surface area contributed by atoms with Crippen LogP contribution in [0.4, 0.5) is 11.5 Å². The quantitative estimate of drug-likeness (QED) is 0.538. The molecule has 5 rings (SSSR count). The Kier molecular flexibility index (Phi) is 6.75. The van der Waals surface area contributed by atoms with Crippen molar-refractivity contribution in [2.45, 2.75) is 44.1 Å². The number of carbonyl (C=O) groups is 1. The molecule has 186 valence electrons. The number of piperazine rings is 1. The number of hydrogen-bond acceptors (Lipinski definition) is 8. The number of hydrogen-bond donors (Lipinski definition) is 1. The van der Waals surface area contributed by atoms with Gasteiger partial charge in [-0.25, -0.2) is 18.4 Å². The van der Waals surface area contributed by atoms with Crippen molar-refractivity contribution in [3.05, 3.63) is 40.5 Å². The van der Waals surface area contributed by atoms with Gasteiger partial charge in [0.2, 0.25) is 15.9 Å². The first-order valence-electron chi connectivity index (χ1n) is 11.8. The molecule has 0 saturated carbocycles. The lowest BCUT2D eigenvalue weighted by Crippen LogP contribution is -2.49. The van der Waals surface area contributed by atoms with Crippen LogP contribution in [-0.2, 0) is 39.0 Å². The van der Waals surface area contributed by atoms with Crippen molar-refractivity contribution in [1.82, 2.24) is 14.3 Å². The number of aryl methyl sites for hydroxylation is 2. The molecule has 1 N–H and O–H groups in total. The number of nitrogens with one attached hydrogen (secondary N) is 1. The molecule has 0 unspecified atom stereocenters. The summed E-state index contributed by atoms with van der Waals surface area (Å²) in [4.78, 5) is 25.7. The smallest absolute Gasteiger partial charge is 0.243 e. The summed E-state index contributed by atoms with van der Waals surface area (Å²) in [6.07, 6.45) is 4.50. The fourth-order valence-corrected chi connectivity index (χ4v) is 7.50. The number of sulfonamides is 1. The summed E-state index contributed by atoms with van der Waals surface area (Å²) < 4.78 is 33.3. The fourth-order valence-electron chi connectivity index (χ4n) is 4.81. The summed E-state index contributed by atoms with van der Waals surface area (Å²) in [6.45, 7) is 3.59. The van der Waals surface area contributed by atoms with Gasteiger partial charge in [0, 0.05) is 50.8 Å². The monoisotopic (exact) mass is 515 g/mol. The number of amides is 1. The van der Waals surface area contributed by atoms with Crippen molar-refractivity contribution in [2.24, 2.45) is 0 Å². The van der Waals surface area contributed by atoms with E-state index in [1.807, 2.05) is 0 Å². The van der Waals surface area contributed by atoms with Crippen molar-refractivity contribution >= 4 is 49.0 Å². The maximum absolute atomic E-state index is 13.2. The summed E-state index contributed by atoms with van der Waals surface area (Å²) >= 11 is 1.76. The Morgan fingerprint density at radius 1 is 1.09 bits per heavy atom. The first kappa shape index (κ1) is 24.1. The molecule has 1 aliphatic heterocycles. The first-order valence-corrected chi connectivity index (χ1v) is 14.1. The van der Waals surface area contributed by atoms with Gasteiger partial charge >= 0.3 is 0 Å². The molecule has 0 spiro atoms. The highest BCUT2D eigenvalue weighted by Gasteiger charge is 2.31. The van der Waals surface area contributed by atoms with E-state index in [9.17, 15) is 13.2 Å². The Morgan fingerprint density at radius 2 is 1.80 bits per heavy atom. The minimum atomic E-state index is -3.63.